The van der Waals surface area contributed by atoms with Crippen LogP contribution in [0, 0.1) is 17.3 Å². The molecule has 5 atom stereocenters. The van der Waals surface area contributed by atoms with Gasteiger partial charge in [0.15, 0.2) is 6.73 Å². The summed E-state index contributed by atoms with van der Waals surface area (Å²) < 4.78 is 29.6. The van der Waals surface area contributed by atoms with Crippen LogP contribution in [0.15, 0.2) is 24.3 Å². The van der Waals surface area contributed by atoms with E-state index in [1.807, 2.05) is 18.2 Å². The van der Waals surface area contributed by atoms with Crippen molar-refractivity contribution >= 4 is 21.9 Å². The number of unbranched alkanes of at least 4 members (excludes halogenated alkanes) is 3. The lowest BCUT2D eigenvalue weighted by Crippen LogP contribution is -2.39. The molecule has 1 amide bonds. The maximum absolute atomic E-state index is 12.5. The molecule has 0 spiro atoms. The van der Waals surface area contributed by atoms with E-state index in [0.717, 1.165) is 25.5 Å². The van der Waals surface area contributed by atoms with Crippen molar-refractivity contribution in [3.05, 3.63) is 24.3 Å². The SMILES string of the molecule is CCCCC[C@@H](O)/C=C/[C@H]1[C@H](C/C=C\CCCC(=O)N(COC(=O)C(C)(C)C)S(C)(=O)=O)[C@H](O)C[C@@H]1O. The molecule has 3 N–H and O–H groups in total. The molecular weight excluding hydrogens is 498 g/mol. The first kappa shape index (κ1) is 33.3. The van der Waals surface area contributed by atoms with Gasteiger partial charge in [-0.2, -0.15) is 0 Å². The fourth-order valence-corrected chi connectivity index (χ4v) is 4.92. The lowest BCUT2D eigenvalue weighted by molar-refractivity contribution is -0.157. The van der Waals surface area contributed by atoms with Crippen LogP contribution in [-0.4, -0.2) is 71.2 Å². The zero-order chi connectivity index (χ0) is 28.2. The number of aliphatic hydroxyl groups excluding tert-OH is 3. The molecule has 1 fully saturated rings. The lowest BCUT2D eigenvalue weighted by Gasteiger charge is -2.23. The predicted molar refractivity (Wildman–Crippen MR) is 143 cm³/mol. The topological polar surface area (TPSA) is 141 Å². The minimum atomic E-state index is -3.89. The van der Waals surface area contributed by atoms with Gasteiger partial charge in [0, 0.05) is 18.8 Å². The average Bonchev–Trinajstić information content (AvgIpc) is 3.05. The minimum Gasteiger partial charge on any atom is -0.443 e. The Morgan fingerprint density at radius 1 is 1.11 bits per heavy atom. The number of allylic oxidation sites excluding steroid dienone is 2. The molecule has 1 aliphatic carbocycles. The molecule has 0 aromatic carbocycles. The Morgan fingerprint density at radius 2 is 1.78 bits per heavy atom. The van der Waals surface area contributed by atoms with Crippen molar-refractivity contribution in [2.24, 2.45) is 17.3 Å². The maximum Gasteiger partial charge on any atom is 0.312 e. The van der Waals surface area contributed by atoms with Crippen LogP contribution < -0.4 is 0 Å². The van der Waals surface area contributed by atoms with E-state index < -0.39 is 52.4 Å². The smallest absolute Gasteiger partial charge is 0.312 e. The third-order valence-corrected chi connectivity index (χ3v) is 7.62. The van der Waals surface area contributed by atoms with Gasteiger partial charge in [-0.05, 0) is 52.4 Å². The predicted octanol–water partition coefficient (Wildman–Crippen LogP) is 3.29. The first-order chi connectivity index (χ1) is 17.2. The Bertz CT molecular complexity index is 877. The summed E-state index contributed by atoms with van der Waals surface area (Å²) in [6.45, 7) is 6.36. The molecule has 0 radical (unpaired) electrons. The van der Waals surface area contributed by atoms with E-state index in [0.29, 0.717) is 30.0 Å². The van der Waals surface area contributed by atoms with Crippen LogP contribution in [0.2, 0.25) is 0 Å². The summed E-state index contributed by atoms with van der Waals surface area (Å²) >= 11 is 0. The summed E-state index contributed by atoms with van der Waals surface area (Å²) in [7, 11) is -3.89. The Kier molecular flexibility index (Phi) is 14.0. The Labute approximate surface area is 222 Å². The zero-order valence-electron chi connectivity index (χ0n) is 23.0. The fraction of sp³-hybridized carbons (Fsp3) is 0.778. The second-order valence-electron chi connectivity index (χ2n) is 11.0. The van der Waals surface area contributed by atoms with E-state index in [4.69, 9.17) is 4.74 Å². The van der Waals surface area contributed by atoms with Crippen molar-refractivity contribution in [2.45, 2.75) is 104 Å². The summed E-state index contributed by atoms with van der Waals surface area (Å²) in [6.07, 6.45) is 11.8. The largest absolute Gasteiger partial charge is 0.443 e. The van der Waals surface area contributed by atoms with Gasteiger partial charge in [0.25, 0.3) is 0 Å². The third kappa shape index (κ3) is 12.1. The molecule has 0 heterocycles. The molecule has 1 rings (SSSR count). The van der Waals surface area contributed by atoms with Crippen molar-refractivity contribution in [3.63, 3.8) is 0 Å². The molecule has 1 saturated carbocycles. The van der Waals surface area contributed by atoms with Crippen LogP contribution in [0.25, 0.3) is 0 Å². The number of esters is 1. The van der Waals surface area contributed by atoms with Gasteiger partial charge in [0.05, 0.1) is 30.0 Å². The number of carbonyl (C=O) groups excluding carboxylic acids is 2. The van der Waals surface area contributed by atoms with Crippen LogP contribution in [0.4, 0.5) is 0 Å². The van der Waals surface area contributed by atoms with Gasteiger partial charge in [-0.15, -0.1) is 0 Å². The number of hydrogen-bond acceptors (Lipinski definition) is 8. The normalized spacial score (nSPS) is 23.6. The van der Waals surface area contributed by atoms with E-state index >= 15 is 0 Å². The number of rotatable bonds is 15. The van der Waals surface area contributed by atoms with Crippen LogP contribution in [-0.2, 0) is 24.3 Å². The minimum absolute atomic E-state index is 0.0312. The van der Waals surface area contributed by atoms with E-state index in [1.54, 1.807) is 26.8 Å². The number of aliphatic hydroxyl groups is 3. The molecule has 0 aromatic rings. The number of carbonyl (C=O) groups is 2. The highest BCUT2D eigenvalue weighted by Gasteiger charge is 2.39. The molecule has 1 aliphatic rings. The number of ether oxygens (including phenoxy) is 1. The van der Waals surface area contributed by atoms with Gasteiger partial charge in [-0.25, -0.2) is 12.7 Å². The van der Waals surface area contributed by atoms with Gasteiger partial charge in [0.1, 0.15) is 0 Å². The van der Waals surface area contributed by atoms with Gasteiger partial charge in [0.2, 0.25) is 15.9 Å². The molecule has 214 valence electrons. The van der Waals surface area contributed by atoms with Crippen LogP contribution in [0.3, 0.4) is 0 Å². The second-order valence-corrected chi connectivity index (χ2v) is 12.9. The molecule has 0 unspecified atom stereocenters. The van der Waals surface area contributed by atoms with Crippen molar-refractivity contribution in [3.8, 4) is 0 Å². The molecule has 0 saturated heterocycles. The lowest BCUT2D eigenvalue weighted by atomic mass is 9.89. The number of sulfonamides is 1. The van der Waals surface area contributed by atoms with E-state index in [-0.39, 0.29) is 24.7 Å². The van der Waals surface area contributed by atoms with Gasteiger partial charge in [-0.3, -0.25) is 9.59 Å². The number of nitrogens with zero attached hydrogens (tertiary/aromatic N) is 1. The summed E-state index contributed by atoms with van der Waals surface area (Å²) in [6, 6.07) is 0. The molecule has 0 bridgehead atoms. The summed E-state index contributed by atoms with van der Waals surface area (Å²) in [4.78, 5) is 24.4. The van der Waals surface area contributed by atoms with E-state index in [9.17, 15) is 33.3 Å². The molecule has 37 heavy (non-hydrogen) atoms. The van der Waals surface area contributed by atoms with Gasteiger partial charge < -0.3 is 20.1 Å². The quantitative estimate of drug-likeness (QED) is 0.123. The molecule has 10 heteroatoms. The van der Waals surface area contributed by atoms with Crippen molar-refractivity contribution in [2.75, 3.05) is 13.0 Å². The van der Waals surface area contributed by atoms with Crippen LogP contribution >= 0.6 is 0 Å². The Hall–Kier alpha value is -1.75. The third-order valence-electron chi connectivity index (χ3n) is 6.51. The highest BCUT2D eigenvalue weighted by atomic mass is 32.2. The van der Waals surface area contributed by atoms with Gasteiger partial charge in [-0.1, -0.05) is 50.5 Å². The van der Waals surface area contributed by atoms with E-state index in [1.165, 1.54) is 0 Å². The standard InChI is InChI=1S/C27H47NO8S/c1-6-7-10-13-20(29)16-17-22-21(23(30)18-24(22)31)14-11-8-9-12-15-25(32)28(37(5,34)35)19-36-26(33)27(2,3)4/h8,11,16-17,20-24,29-31H,6-7,9-10,12-15,18-19H2,1-5H3/b11-8-,17-16+/t20-,21+,22+,23-,24+/m1/s1. The fourth-order valence-electron chi connectivity index (χ4n) is 4.22. The summed E-state index contributed by atoms with van der Waals surface area (Å²) in [5, 5.41) is 30.9. The van der Waals surface area contributed by atoms with Crippen molar-refractivity contribution < 1.29 is 38.1 Å². The monoisotopic (exact) mass is 545 g/mol. The zero-order valence-corrected chi connectivity index (χ0v) is 23.8. The van der Waals surface area contributed by atoms with Gasteiger partial charge >= 0.3 is 5.97 Å². The first-order valence-corrected chi connectivity index (χ1v) is 15.1. The van der Waals surface area contributed by atoms with Crippen LogP contribution in [0.5, 0.6) is 0 Å². The molecule has 0 aromatic heterocycles. The number of hydrogen-bond donors (Lipinski definition) is 3. The Balaban J connectivity index is 2.56. The maximum atomic E-state index is 12.5. The highest BCUT2D eigenvalue weighted by Crippen LogP contribution is 2.36. The summed E-state index contributed by atoms with van der Waals surface area (Å²) in [5.41, 5.74) is -0.816. The van der Waals surface area contributed by atoms with Crippen LogP contribution in [0.1, 0.15) is 85.5 Å². The first-order valence-electron chi connectivity index (χ1n) is 13.2. The molecule has 0 aliphatic heterocycles. The molecular formula is C27H47NO8S. The molecule has 9 nitrogen and oxygen atoms in total. The average molecular weight is 546 g/mol. The number of amides is 1. The van der Waals surface area contributed by atoms with E-state index in [2.05, 4.69) is 6.92 Å². The Morgan fingerprint density at radius 3 is 2.38 bits per heavy atom. The highest BCUT2D eigenvalue weighted by molar-refractivity contribution is 7.88. The van der Waals surface area contributed by atoms with Crippen molar-refractivity contribution in [1.29, 1.82) is 0 Å². The van der Waals surface area contributed by atoms with Crippen molar-refractivity contribution in [1.82, 2.24) is 4.31 Å². The summed E-state index contributed by atoms with van der Waals surface area (Å²) in [5.74, 6) is -1.67. The second kappa shape index (κ2) is 15.6.